The second-order valence-electron chi connectivity index (χ2n) is 4.79. The molecule has 4 nitrogen and oxygen atoms in total. The number of nitrogen functional groups attached to an aromatic ring is 1. The Balaban J connectivity index is 2.07. The molecule has 5 N–H and O–H groups in total. The Morgan fingerprint density at radius 2 is 2.18 bits per heavy atom. The molecule has 1 aromatic rings. The van der Waals surface area contributed by atoms with E-state index in [1.54, 1.807) is 12.1 Å². The van der Waals surface area contributed by atoms with E-state index < -0.39 is 5.91 Å². The summed E-state index contributed by atoms with van der Waals surface area (Å²) in [6.45, 7) is 2.17. The Hall–Kier alpha value is -1.71. The number of hydrogen-bond donors (Lipinski definition) is 3. The van der Waals surface area contributed by atoms with Crippen molar-refractivity contribution in [3.63, 3.8) is 0 Å². The number of nitrogens with one attached hydrogen (secondary N) is 1. The maximum Gasteiger partial charge on any atom is 0.248 e. The van der Waals surface area contributed by atoms with Gasteiger partial charge in [-0.05, 0) is 43.9 Å². The first-order chi connectivity index (χ1) is 8.08. The molecule has 1 aromatic carbocycles. The molecule has 1 aliphatic rings. The van der Waals surface area contributed by atoms with Crippen molar-refractivity contribution in [3.05, 3.63) is 23.8 Å². The fourth-order valence-corrected chi connectivity index (χ4v) is 2.15. The van der Waals surface area contributed by atoms with Crippen LogP contribution in [0.4, 0.5) is 11.4 Å². The summed E-state index contributed by atoms with van der Waals surface area (Å²) in [6, 6.07) is 5.57. The quantitative estimate of drug-likeness (QED) is 0.695. The number of benzene rings is 1. The molecule has 1 saturated carbocycles. The van der Waals surface area contributed by atoms with Gasteiger partial charge in [-0.15, -0.1) is 0 Å². The molecular weight excluding hydrogens is 214 g/mol. The van der Waals surface area contributed by atoms with Crippen LogP contribution in [0.25, 0.3) is 0 Å². The van der Waals surface area contributed by atoms with Crippen molar-refractivity contribution in [3.8, 4) is 0 Å². The van der Waals surface area contributed by atoms with Crippen LogP contribution in [0.1, 0.15) is 36.5 Å². The number of rotatable bonds is 4. The normalized spacial score (nSPS) is 17.2. The molecular formula is C13H19N3O. The first-order valence-corrected chi connectivity index (χ1v) is 6.04. The molecule has 0 radical (unpaired) electrons. The Labute approximate surface area is 101 Å². The SMILES string of the molecule is CC(Nc1ccc(C(N)=O)cc1N)C1CCC1. The van der Waals surface area contributed by atoms with Gasteiger partial charge in [0.05, 0.1) is 11.4 Å². The van der Waals surface area contributed by atoms with E-state index in [1.807, 2.05) is 6.07 Å². The third-order valence-corrected chi connectivity index (χ3v) is 3.58. The van der Waals surface area contributed by atoms with Gasteiger partial charge in [-0.1, -0.05) is 6.42 Å². The molecule has 1 fully saturated rings. The average molecular weight is 233 g/mol. The second kappa shape index (κ2) is 4.65. The number of carbonyl (C=O) groups excluding carboxylic acids is 1. The van der Waals surface area contributed by atoms with Crippen LogP contribution in [0.5, 0.6) is 0 Å². The lowest BCUT2D eigenvalue weighted by atomic mass is 9.80. The molecule has 0 spiro atoms. The van der Waals surface area contributed by atoms with Gasteiger partial charge in [-0.2, -0.15) is 0 Å². The van der Waals surface area contributed by atoms with Gasteiger partial charge in [0.15, 0.2) is 0 Å². The van der Waals surface area contributed by atoms with Crippen LogP contribution in [-0.4, -0.2) is 11.9 Å². The number of primary amides is 1. The lowest BCUT2D eigenvalue weighted by Crippen LogP contribution is -2.31. The number of hydrogen-bond acceptors (Lipinski definition) is 3. The van der Waals surface area contributed by atoms with Crippen LogP contribution in [-0.2, 0) is 0 Å². The van der Waals surface area contributed by atoms with Crippen molar-refractivity contribution >= 4 is 17.3 Å². The number of amides is 1. The first-order valence-electron chi connectivity index (χ1n) is 6.04. The zero-order valence-corrected chi connectivity index (χ0v) is 10.1. The van der Waals surface area contributed by atoms with E-state index in [4.69, 9.17) is 11.5 Å². The van der Waals surface area contributed by atoms with E-state index >= 15 is 0 Å². The van der Waals surface area contributed by atoms with E-state index in [2.05, 4.69) is 12.2 Å². The molecule has 1 atom stereocenters. The minimum atomic E-state index is -0.449. The minimum absolute atomic E-state index is 0.422. The van der Waals surface area contributed by atoms with E-state index in [9.17, 15) is 4.79 Å². The molecule has 92 valence electrons. The fraction of sp³-hybridized carbons (Fsp3) is 0.462. The summed E-state index contributed by atoms with van der Waals surface area (Å²) in [6.07, 6.45) is 3.90. The maximum atomic E-state index is 11.0. The molecule has 1 aliphatic carbocycles. The molecule has 0 bridgehead atoms. The van der Waals surface area contributed by atoms with Crippen molar-refractivity contribution in [2.24, 2.45) is 11.7 Å². The summed E-state index contributed by atoms with van der Waals surface area (Å²) < 4.78 is 0. The van der Waals surface area contributed by atoms with Gasteiger partial charge in [-0.3, -0.25) is 4.79 Å². The van der Waals surface area contributed by atoms with Crippen molar-refractivity contribution in [2.75, 3.05) is 11.1 Å². The number of nitrogens with two attached hydrogens (primary N) is 2. The minimum Gasteiger partial charge on any atom is -0.397 e. The Kier molecular flexibility index (Phi) is 3.22. The summed E-state index contributed by atoms with van der Waals surface area (Å²) >= 11 is 0. The molecule has 0 saturated heterocycles. The molecule has 4 heteroatoms. The third-order valence-electron chi connectivity index (χ3n) is 3.58. The lowest BCUT2D eigenvalue weighted by molar-refractivity contribution is 0.100. The average Bonchev–Trinajstić information content (AvgIpc) is 2.18. The second-order valence-corrected chi connectivity index (χ2v) is 4.79. The summed E-state index contributed by atoms with van der Waals surface area (Å²) in [4.78, 5) is 11.0. The van der Waals surface area contributed by atoms with Gasteiger partial charge < -0.3 is 16.8 Å². The summed E-state index contributed by atoms with van der Waals surface area (Å²) in [7, 11) is 0. The van der Waals surface area contributed by atoms with Gasteiger partial charge in [0, 0.05) is 11.6 Å². The molecule has 0 heterocycles. The van der Waals surface area contributed by atoms with Crippen LogP contribution in [0.2, 0.25) is 0 Å². The zero-order valence-electron chi connectivity index (χ0n) is 10.1. The van der Waals surface area contributed by atoms with Crippen LogP contribution >= 0.6 is 0 Å². The van der Waals surface area contributed by atoms with E-state index in [-0.39, 0.29) is 0 Å². The standard InChI is InChI=1S/C13H19N3O/c1-8(9-3-2-4-9)16-12-6-5-10(13(15)17)7-11(12)14/h5-9,16H,2-4,14H2,1H3,(H2,15,17). The highest BCUT2D eigenvalue weighted by Crippen LogP contribution is 2.32. The van der Waals surface area contributed by atoms with Crippen molar-refractivity contribution < 1.29 is 4.79 Å². The largest absolute Gasteiger partial charge is 0.397 e. The van der Waals surface area contributed by atoms with Gasteiger partial charge >= 0.3 is 0 Å². The first kappa shape index (κ1) is 11.8. The number of carbonyl (C=O) groups is 1. The van der Waals surface area contributed by atoms with Crippen LogP contribution in [0.3, 0.4) is 0 Å². The third kappa shape index (κ3) is 2.52. The van der Waals surface area contributed by atoms with E-state index in [1.165, 1.54) is 19.3 Å². The maximum absolute atomic E-state index is 11.0. The van der Waals surface area contributed by atoms with Gasteiger partial charge in [-0.25, -0.2) is 0 Å². The predicted molar refractivity (Wildman–Crippen MR) is 69.8 cm³/mol. The topological polar surface area (TPSA) is 81.1 Å². The summed E-state index contributed by atoms with van der Waals surface area (Å²) in [5, 5.41) is 3.40. The van der Waals surface area contributed by atoms with Gasteiger partial charge in [0.2, 0.25) is 5.91 Å². The van der Waals surface area contributed by atoms with Crippen molar-refractivity contribution in [1.82, 2.24) is 0 Å². The van der Waals surface area contributed by atoms with Crippen LogP contribution in [0.15, 0.2) is 18.2 Å². The molecule has 0 aliphatic heterocycles. The molecule has 1 amide bonds. The monoisotopic (exact) mass is 233 g/mol. The van der Waals surface area contributed by atoms with Gasteiger partial charge in [0.25, 0.3) is 0 Å². The van der Waals surface area contributed by atoms with E-state index in [0.29, 0.717) is 17.3 Å². The highest BCUT2D eigenvalue weighted by molar-refractivity contribution is 5.94. The van der Waals surface area contributed by atoms with Crippen LogP contribution < -0.4 is 16.8 Å². The highest BCUT2D eigenvalue weighted by atomic mass is 16.1. The Morgan fingerprint density at radius 1 is 1.47 bits per heavy atom. The fourth-order valence-electron chi connectivity index (χ4n) is 2.15. The molecule has 2 rings (SSSR count). The van der Waals surface area contributed by atoms with Gasteiger partial charge in [0.1, 0.15) is 0 Å². The summed E-state index contributed by atoms with van der Waals surface area (Å²) in [5.41, 5.74) is 13.0. The molecule has 0 aromatic heterocycles. The van der Waals surface area contributed by atoms with Crippen molar-refractivity contribution in [2.45, 2.75) is 32.2 Å². The Morgan fingerprint density at radius 3 is 2.65 bits per heavy atom. The van der Waals surface area contributed by atoms with E-state index in [0.717, 1.165) is 11.6 Å². The zero-order chi connectivity index (χ0) is 12.4. The predicted octanol–water partition coefficient (Wildman–Crippen LogP) is 1.97. The Bertz CT molecular complexity index is 427. The lowest BCUT2D eigenvalue weighted by Gasteiger charge is -2.32. The highest BCUT2D eigenvalue weighted by Gasteiger charge is 2.24. The molecule has 17 heavy (non-hydrogen) atoms. The summed E-state index contributed by atoms with van der Waals surface area (Å²) in [5.74, 6) is 0.292. The number of anilines is 2. The van der Waals surface area contributed by atoms with Crippen LogP contribution in [0, 0.1) is 5.92 Å². The smallest absolute Gasteiger partial charge is 0.248 e. The molecule has 1 unspecified atom stereocenters. The van der Waals surface area contributed by atoms with Crippen molar-refractivity contribution in [1.29, 1.82) is 0 Å².